The number of nitrogens with zero attached hydrogens (tertiary/aromatic N) is 1. The van der Waals surface area contributed by atoms with Crippen molar-refractivity contribution in [2.24, 2.45) is 5.92 Å². The quantitative estimate of drug-likeness (QED) is 0.853. The molecule has 0 aromatic heterocycles. The Morgan fingerprint density at radius 2 is 1.81 bits per heavy atom. The summed E-state index contributed by atoms with van der Waals surface area (Å²) < 4.78 is 13.3. The Balaban J connectivity index is 1.97. The molecule has 26 heavy (non-hydrogen) atoms. The topological polar surface area (TPSA) is 23.5 Å². The first-order valence-electron chi connectivity index (χ1n) is 9.35. The molecular weight excluding hydrogens is 325 g/mol. The SMILES string of the molecule is CN(C)CC1CCCC(=Cc2ccccc2)C1(O)Cc1ccc(F)cc1. The molecule has 0 amide bonds. The lowest BCUT2D eigenvalue weighted by atomic mass is 9.68. The van der Waals surface area contributed by atoms with Crippen molar-refractivity contribution >= 4 is 6.08 Å². The molecule has 1 aliphatic carbocycles. The van der Waals surface area contributed by atoms with E-state index in [9.17, 15) is 9.50 Å². The summed E-state index contributed by atoms with van der Waals surface area (Å²) in [6.07, 6.45) is 5.65. The third-order valence-electron chi connectivity index (χ3n) is 5.34. The summed E-state index contributed by atoms with van der Waals surface area (Å²) in [6.45, 7) is 0.837. The molecule has 2 atom stereocenters. The molecule has 0 radical (unpaired) electrons. The van der Waals surface area contributed by atoms with Crippen LogP contribution in [0, 0.1) is 11.7 Å². The van der Waals surface area contributed by atoms with Gasteiger partial charge in [-0.2, -0.15) is 0 Å². The minimum Gasteiger partial charge on any atom is -0.385 e. The van der Waals surface area contributed by atoms with Gasteiger partial charge < -0.3 is 10.0 Å². The maximum absolute atomic E-state index is 13.3. The van der Waals surface area contributed by atoms with Gasteiger partial charge in [0.15, 0.2) is 0 Å². The Hall–Kier alpha value is -1.97. The predicted octanol–water partition coefficient (Wildman–Crippen LogP) is 4.54. The monoisotopic (exact) mass is 353 g/mol. The first kappa shape index (κ1) is 18.8. The molecule has 0 bridgehead atoms. The smallest absolute Gasteiger partial charge is 0.123 e. The van der Waals surface area contributed by atoms with Crippen LogP contribution in [0.2, 0.25) is 0 Å². The zero-order valence-corrected chi connectivity index (χ0v) is 15.7. The van der Waals surface area contributed by atoms with E-state index < -0.39 is 5.60 Å². The molecule has 1 fully saturated rings. The van der Waals surface area contributed by atoms with Gasteiger partial charge in [-0.3, -0.25) is 0 Å². The lowest BCUT2D eigenvalue weighted by Crippen LogP contribution is -2.48. The van der Waals surface area contributed by atoms with E-state index in [-0.39, 0.29) is 11.7 Å². The summed E-state index contributed by atoms with van der Waals surface area (Å²) in [5, 5.41) is 11.8. The molecule has 0 aliphatic heterocycles. The van der Waals surface area contributed by atoms with Gasteiger partial charge in [-0.25, -0.2) is 4.39 Å². The van der Waals surface area contributed by atoms with Gasteiger partial charge in [0, 0.05) is 18.9 Å². The molecule has 3 heteroatoms. The number of rotatable bonds is 5. The van der Waals surface area contributed by atoms with E-state index in [1.54, 1.807) is 12.1 Å². The minimum absolute atomic E-state index is 0.159. The van der Waals surface area contributed by atoms with Crippen LogP contribution in [0.5, 0.6) is 0 Å². The summed E-state index contributed by atoms with van der Waals surface area (Å²) in [5.41, 5.74) is 2.27. The fourth-order valence-corrected chi connectivity index (χ4v) is 4.06. The molecule has 1 N–H and O–H groups in total. The number of halogens is 1. The van der Waals surface area contributed by atoms with E-state index in [2.05, 4.69) is 23.1 Å². The van der Waals surface area contributed by atoms with Crippen LogP contribution in [-0.2, 0) is 6.42 Å². The van der Waals surface area contributed by atoms with Gasteiger partial charge in [0.25, 0.3) is 0 Å². The molecule has 0 heterocycles. The first-order valence-corrected chi connectivity index (χ1v) is 9.35. The third kappa shape index (κ3) is 4.40. The van der Waals surface area contributed by atoms with Crippen LogP contribution in [0.25, 0.3) is 6.08 Å². The van der Waals surface area contributed by atoms with Gasteiger partial charge in [-0.1, -0.05) is 48.5 Å². The Bertz CT molecular complexity index is 739. The van der Waals surface area contributed by atoms with Crippen molar-refractivity contribution in [1.29, 1.82) is 0 Å². The van der Waals surface area contributed by atoms with E-state index in [4.69, 9.17) is 0 Å². The molecule has 1 aliphatic rings. The molecule has 0 spiro atoms. The second-order valence-corrected chi connectivity index (χ2v) is 7.66. The standard InChI is InChI=1S/C23H28FNO/c1-25(2)17-21-10-6-9-20(15-18-7-4-3-5-8-18)23(21,26)16-19-11-13-22(24)14-12-19/h3-5,7-8,11-15,21,26H,6,9-10,16-17H2,1-2H3. The highest BCUT2D eigenvalue weighted by Gasteiger charge is 2.42. The highest BCUT2D eigenvalue weighted by molar-refractivity contribution is 5.56. The van der Waals surface area contributed by atoms with E-state index in [0.717, 1.165) is 42.5 Å². The number of aliphatic hydroxyl groups is 1. The lowest BCUT2D eigenvalue weighted by Gasteiger charge is -2.43. The average molecular weight is 353 g/mol. The van der Waals surface area contributed by atoms with Crippen LogP contribution in [0.15, 0.2) is 60.2 Å². The summed E-state index contributed by atoms with van der Waals surface area (Å²) in [5.74, 6) is -0.0828. The van der Waals surface area contributed by atoms with E-state index in [0.29, 0.717) is 6.42 Å². The maximum Gasteiger partial charge on any atom is 0.123 e. The van der Waals surface area contributed by atoms with Crippen molar-refractivity contribution in [3.05, 3.63) is 77.1 Å². The summed E-state index contributed by atoms with van der Waals surface area (Å²) >= 11 is 0. The van der Waals surface area contributed by atoms with Crippen LogP contribution < -0.4 is 0 Å². The summed E-state index contributed by atoms with van der Waals surface area (Å²) in [6, 6.07) is 16.7. The van der Waals surface area contributed by atoms with Crippen LogP contribution in [-0.4, -0.2) is 36.2 Å². The summed E-state index contributed by atoms with van der Waals surface area (Å²) in [4.78, 5) is 2.14. The zero-order valence-electron chi connectivity index (χ0n) is 15.7. The zero-order chi connectivity index (χ0) is 18.6. The molecular formula is C23H28FNO. The summed E-state index contributed by atoms with van der Waals surface area (Å²) in [7, 11) is 4.10. The fraction of sp³-hybridized carbons (Fsp3) is 0.391. The Morgan fingerprint density at radius 1 is 1.12 bits per heavy atom. The number of benzene rings is 2. The van der Waals surface area contributed by atoms with Gasteiger partial charge in [-0.15, -0.1) is 0 Å². The largest absolute Gasteiger partial charge is 0.385 e. The van der Waals surface area contributed by atoms with Crippen molar-refractivity contribution in [3.8, 4) is 0 Å². The maximum atomic E-state index is 13.3. The lowest BCUT2D eigenvalue weighted by molar-refractivity contribution is -0.0123. The Labute approximate surface area is 156 Å². The van der Waals surface area contributed by atoms with Gasteiger partial charge in [0.05, 0.1) is 5.60 Å². The van der Waals surface area contributed by atoms with Crippen molar-refractivity contribution in [2.75, 3.05) is 20.6 Å². The third-order valence-corrected chi connectivity index (χ3v) is 5.34. The van der Waals surface area contributed by atoms with Gasteiger partial charge in [0.1, 0.15) is 5.82 Å². The van der Waals surface area contributed by atoms with Gasteiger partial charge >= 0.3 is 0 Å². The average Bonchev–Trinajstić information content (AvgIpc) is 2.61. The second-order valence-electron chi connectivity index (χ2n) is 7.66. The first-order chi connectivity index (χ1) is 12.5. The minimum atomic E-state index is -0.907. The predicted molar refractivity (Wildman–Crippen MR) is 105 cm³/mol. The molecule has 1 saturated carbocycles. The van der Waals surface area contributed by atoms with Crippen LogP contribution in [0.4, 0.5) is 4.39 Å². The fourth-order valence-electron chi connectivity index (χ4n) is 4.06. The normalized spacial score (nSPS) is 25.0. The van der Waals surface area contributed by atoms with E-state index in [1.165, 1.54) is 12.1 Å². The van der Waals surface area contributed by atoms with Gasteiger partial charge in [0.2, 0.25) is 0 Å². The van der Waals surface area contributed by atoms with Crippen LogP contribution in [0.3, 0.4) is 0 Å². The molecule has 138 valence electrons. The van der Waals surface area contributed by atoms with Gasteiger partial charge in [-0.05, 0) is 62.2 Å². The van der Waals surface area contributed by atoms with Crippen LogP contribution in [0.1, 0.15) is 30.4 Å². The molecule has 3 rings (SSSR count). The Morgan fingerprint density at radius 3 is 2.46 bits per heavy atom. The van der Waals surface area contributed by atoms with Crippen molar-refractivity contribution in [1.82, 2.24) is 4.90 Å². The van der Waals surface area contributed by atoms with E-state index >= 15 is 0 Å². The highest BCUT2D eigenvalue weighted by Crippen LogP contribution is 2.41. The van der Waals surface area contributed by atoms with Crippen molar-refractivity contribution in [2.45, 2.75) is 31.3 Å². The van der Waals surface area contributed by atoms with Crippen molar-refractivity contribution in [3.63, 3.8) is 0 Å². The highest BCUT2D eigenvalue weighted by atomic mass is 19.1. The second kappa shape index (κ2) is 8.15. The molecule has 0 saturated heterocycles. The molecule has 2 aromatic carbocycles. The molecule has 2 aromatic rings. The van der Waals surface area contributed by atoms with Crippen LogP contribution >= 0.6 is 0 Å². The Kier molecular flexibility index (Phi) is 5.90. The number of hydrogen-bond acceptors (Lipinski definition) is 2. The number of hydrogen-bond donors (Lipinski definition) is 1. The van der Waals surface area contributed by atoms with E-state index in [1.807, 2.05) is 32.3 Å². The molecule has 2 unspecified atom stereocenters. The van der Waals surface area contributed by atoms with Crippen molar-refractivity contribution < 1.29 is 9.50 Å². The molecule has 2 nitrogen and oxygen atoms in total.